The largest absolute Gasteiger partial charge is 0.235 e. The van der Waals surface area contributed by atoms with Crippen LogP contribution in [0, 0.1) is 37.6 Å². The Morgan fingerprint density at radius 3 is 2.37 bits per heavy atom. The fourth-order valence-electron chi connectivity index (χ4n) is 2.19. The van der Waals surface area contributed by atoms with E-state index >= 15 is 0 Å². The first-order valence-electron chi connectivity index (χ1n) is 5.76. The highest BCUT2D eigenvalue weighted by Gasteiger charge is 2.13. The number of rotatable bonds is 1. The fraction of sp³-hybridized carbons (Fsp3) is 0.125. The van der Waals surface area contributed by atoms with E-state index in [2.05, 4.69) is 4.85 Å². The zero-order valence-electron chi connectivity index (χ0n) is 10.7. The predicted molar refractivity (Wildman–Crippen MR) is 72.3 cm³/mol. The summed E-state index contributed by atoms with van der Waals surface area (Å²) < 4.78 is 13.7. The smallest absolute Gasteiger partial charge is 0.224 e. The lowest BCUT2D eigenvalue weighted by Gasteiger charge is -2.11. The Morgan fingerprint density at radius 2 is 1.84 bits per heavy atom. The van der Waals surface area contributed by atoms with Crippen LogP contribution >= 0.6 is 0 Å². The maximum absolute atomic E-state index is 13.7. The minimum absolute atomic E-state index is 0.0915. The maximum atomic E-state index is 13.7. The summed E-state index contributed by atoms with van der Waals surface area (Å²) in [6.07, 6.45) is 0. The molecule has 0 unspecified atom stereocenters. The van der Waals surface area contributed by atoms with Crippen LogP contribution in [-0.4, -0.2) is 0 Å². The summed E-state index contributed by atoms with van der Waals surface area (Å²) in [6.45, 7) is 10.9. The summed E-state index contributed by atoms with van der Waals surface area (Å²) in [5.74, 6) is -0.743. The summed E-state index contributed by atoms with van der Waals surface area (Å²) >= 11 is 0. The van der Waals surface area contributed by atoms with Crippen LogP contribution in [0.25, 0.3) is 16.0 Å². The number of nitriles is 1. The molecule has 0 heterocycles. The van der Waals surface area contributed by atoms with E-state index in [-0.39, 0.29) is 11.3 Å². The van der Waals surface area contributed by atoms with Gasteiger partial charge in [-0.25, -0.2) is 9.24 Å². The minimum atomic E-state index is -0.743. The molecule has 2 rings (SSSR count). The van der Waals surface area contributed by atoms with Gasteiger partial charge in [-0.2, -0.15) is 5.26 Å². The lowest BCUT2D eigenvalue weighted by Crippen LogP contribution is -1.91. The summed E-state index contributed by atoms with van der Waals surface area (Å²) in [7, 11) is 0. The van der Waals surface area contributed by atoms with Crippen molar-refractivity contribution in [3.63, 3.8) is 0 Å². The molecule has 0 atom stereocenters. The van der Waals surface area contributed by atoms with Crippen LogP contribution in [0.5, 0.6) is 0 Å². The average molecular weight is 250 g/mol. The molecule has 0 saturated carbocycles. The molecular formula is C16H11FN2. The van der Waals surface area contributed by atoms with Crippen molar-refractivity contribution in [1.29, 1.82) is 5.26 Å². The molecule has 0 amide bonds. The second kappa shape index (κ2) is 4.92. The number of benzene rings is 2. The van der Waals surface area contributed by atoms with Crippen molar-refractivity contribution in [2.75, 3.05) is 0 Å². The summed E-state index contributed by atoms with van der Waals surface area (Å²) in [5, 5.41) is 8.96. The van der Waals surface area contributed by atoms with Crippen molar-refractivity contribution >= 4 is 5.69 Å². The molecule has 19 heavy (non-hydrogen) atoms. The molecule has 0 radical (unpaired) electrons. The van der Waals surface area contributed by atoms with Gasteiger partial charge in [-0.15, -0.1) is 0 Å². The number of nitrogens with zero attached hydrogens (tertiary/aromatic N) is 2. The molecule has 2 nitrogen and oxygen atoms in total. The highest BCUT2D eigenvalue weighted by Crippen LogP contribution is 2.33. The van der Waals surface area contributed by atoms with E-state index < -0.39 is 5.82 Å². The lowest BCUT2D eigenvalue weighted by atomic mass is 9.94. The lowest BCUT2D eigenvalue weighted by molar-refractivity contribution is 0.630. The summed E-state index contributed by atoms with van der Waals surface area (Å²) in [4.78, 5) is 3.15. The topological polar surface area (TPSA) is 28.1 Å². The van der Waals surface area contributed by atoms with Crippen molar-refractivity contribution in [1.82, 2.24) is 0 Å². The van der Waals surface area contributed by atoms with Gasteiger partial charge in [-0.1, -0.05) is 18.2 Å². The van der Waals surface area contributed by atoms with E-state index in [1.54, 1.807) is 6.07 Å². The highest BCUT2D eigenvalue weighted by molar-refractivity contribution is 5.76. The van der Waals surface area contributed by atoms with Gasteiger partial charge >= 0.3 is 0 Å². The van der Waals surface area contributed by atoms with Gasteiger partial charge in [0.2, 0.25) is 5.69 Å². The first-order valence-corrected chi connectivity index (χ1v) is 5.76. The predicted octanol–water partition coefficient (Wildman–Crippen LogP) is 4.53. The van der Waals surface area contributed by atoms with Gasteiger partial charge in [-0.05, 0) is 48.2 Å². The van der Waals surface area contributed by atoms with Crippen molar-refractivity contribution in [2.24, 2.45) is 0 Å². The molecule has 0 spiro atoms. The molecule has 0 bridgehead atoms. The number of halogens is 1. The molecule has 0 aromatic heterocycles. The molecule has 0 fully saturated rings. The summed E-state index contributed by atoms with van der Waals surface area (Å²) in [5.41, 5.74) is 3.52. The molecule has 0 aliphatic carbocycles. The van der Waals surface area contributed by atoms with Crippen LogP contribution in [0.4, 0.5) is 10.1 Å². The van der Waals surface area contributed by atoms with Crippen LogP contribution in [0.3, 0.4) is 0 Å². The third-order valence-corrected chi connectivity index (χ3v) is 3.06. The van der Waals surface area contributed by atoms with Gasteiger partial charge in [-0.3, -0.25) is 0 Å². The average Bonchev–Trinajstić information content (AvgIpc) is 2.40. The normalized spacial score (nSPS) is 9.74. The highest BCUT2D eigenvalue weighted by atomic mass is 19.1. The SMILES string of the molecule is [C-]#[N+]c1cc(-c2c(C)cccc2C)cc(C#N)c1F. The monoisotopic (exact) mass is 250 g/mol. The van der Waals surface area contributed by atoms with Crippen molar-refractivity contribution in [3.05, 3.63) is 64.3 Å². The van der Waals surface area contributed by atoms with E-state index in [9.17, 15) is 4.39 Å². The fourth-order valence-corrected chi connectivity index (χ4v) is 2.19. The Bertz CT molecular complexity index is 678. The van der Waals surface area contributed by atoms with Gasteiger partial charge in [0.15, 0.2) is 0 Å². The third kappa shape index (κ3) is 2.19. The van der Waals surface area contributed by atoms with Gasteiger partial charge < -0.3 is 0 Å². The van der Waals surface area contributed by atoms with Gasteiger partial charge in [0, 0.05) is 0 Å². The van der Waals surface area contributed by atoms with E-state index in [4.69, 9.17) is 11.8 Å². The molecule has 3 heteroatoms. The molecule has 2 aromatic rings. The molecule has 0 aliphatic heterocycles. The zero-order chi connectivity index (χ0) is 14.0. The quantitative estimate of drug-likeness (QED) is 0.683. The number of hydrogen-bond acceptors (Lipinski definition) is 1. The number of hydrogen-bond donors (Lipinski definition) is 0. The van der Waals surface area contributed by atoms with Gasteiger partial charge in [0.1, 0.15) is 11.9 Å². The molecule has 0 aliphatic rings. The van der Waals surface area contributed by atoms with E-state index in [1.165, 1.54) is 12.1 Å². The molecule has 2 aromatic carbocycles. The van der Waals surface area contributed by atoms with Crippen LogP contribution in [0.2, 0.25) is 0 Å². The Labute approximate surface area is 111 Å². The van der Waals surface area contributed by atoms with Gasteiger partial charge in [0.05, 0.1) is 12.1 Å². The standard InChI is InChI=1S/C16H11FN2/c1-10-5-4-6-11(2)15(10)12-7-13(9-18)16(17)14(8-12)19-3/h4-8H,1-2H3. The molecule has 92 valence electrons. The Hall–Kier alpha value is -2.65. The Kier molecular flexibility index (Phi) is 3.31. The van der Waals surface area contributed by atoms with E-state index in [1.807, 2.05) is 32.0 Å². The van der Waals surface area contributed by atoms with Crippen LogP contribution in [0.1, 0.15) is 16.7 Å². The summed E-state index contributed by atoms with van der Waals surface area (Å²) in [6, 6.07) is 10.6. The van der Waals surface area contributed by atoms with Crippen LogP contribution in [0.15, 0.2) is 30.3 Å². The molecular weight excluding hydrogens is 239 g/mol. The van der Waals surface area contributed by atoms with Crippen LogP contribution < -0.4 is 0 Å². The van der Waals surface area contributed by atoms with Crippen molar-refractivity contribution < 1.29 is 4.39 Å². The molecule has 0 saturated heterocycles. The third-order valence-electron chi connectivity index (χ3n) is 3.06. The Balaban J connectivity index is 2.78. The minimum Gasteiger partial charge on any atom is -0.235 e. The Morgan fingerprint density at radius 1 is 1.21 bits per heavy atom. The zero-order valence-corrected chi connectivity index (χ0v) is 10.7. The van der Waals surface area contributed by atoms with Crippen molar-refractivity contribution in [2.45, 2.75) is 13.8 Å². The maximum Gasteiger partial charge on any atom is 0.224 e. The second-order valence-corrected chi connectivity index (χ2v) is 4.35. The second-order valence-electron chi connectivity index (χ2n) is 4.35. The van der Waals surface area contributed by atoms with E-state index in [0.29, 0.717) is 5.56 Å². The van der Waals surface area contributed by atoms with E-state index in [0.717, 1.165) is 16.7 Å². The van der Waals surface area contributed by atoms with Crippen LogP contribution in [-0.2, 0) is 0 Å². The first-order chi connectivity index (χ1) is 9.08. The number of aryl methyl sites for hydroxylation is 2. The first kappa shape index (κ1) is 12.8. The molecule has 0 N–H and O–H groups in total. The van der Waals surface area contributed by atoms with Crippen molar-refractivity contribution in [3.8, 4) is 17.2 Å². The van der Waals surface area contributed by atoms with Gasteiger partial charge in [0.25, 0.3) is 0 Å².